The predicted molar refractivity (Wildman–Crippen MR) is 75.3 cm³/mol. The molecule has 1 aromatic heterocycles. The summed E-state index contributed by atoms with van der Waals surface area (Å²) in [6, 6.07) is 13.8. The summed E-state index contributed by atoms with van der Waals surface area (Å²) < 4.78 is 1.09. The smallest absolute Gasteiger partial charge is 0.127 e. The van der Waals surface area contributed by atoms with Crippen molar-refractivity contribution in [2.75, 3.05) is 11.9 Å². The van der Waals surface area contributed by atoms with E-state index in [1.165, 1.54) is 5.56 Å². The Morgan fingerprint density at radius 3 is 2.72 bits per heavy atom. The maximum atomic E-state index is 8.78. The first-order valence-electron chi connectivity index (χ1n) is 5.62. The van der Waals surface area contributed by atoms with Crippen LogP contribution in [0.2, 0.25) is 0 Å². The number of pyridine rings is 1. The number of halogens is 1. The summed E-state index contributed by atoms with van der Waals surface area (Å²) in [5.41, 5.74) is 1.89. The number of nitrogens with zero attached hydrogens (tertiary/aromatic N) is 2. The van der Waals surface area contributed by atoms with E-state index in [2.05, 4.69) is 44.4 Å². The highest BCUT2D eigenvalue weighted by atomic mass is 79.9. The Hall–Kier alpha value is -1.86. The van der Waals surface area contributed by atoms with Gasteiger partial charge in [-0.1, -0.05) is 28.1 Å². The van der Waals surface area contributed by atoms with E-state index in [4.69, 9.17) is 5.26 Å². The molecule has 0 aliphatic carbocycles. The van der Waals surface area contributed by atoms with Crippen molar-refractivity contribution in [1.29, 1.82) is 5.26 Å². The number of rotatable bonds is 4. The zero-order valence-electron chi connectivity index (χ0n) is 9.73. The van der Waals surface area contributed by atoms with E-state index in [9.17, 15) is 0 Å². The third-order valence-corrected chi connectivity index (χ3v) is 3.05. The maximum absolute atomic E-state index is 8.78. The fraction of sp³-hybridized carbons (Fsp3) is 0.143. The van der Waals surface area contributed by atoms with Crippen LogP contribution in [0, 0.1) is 11.3 Å². The maximum Gasteiger partial charge on any atom is 0.127 e. The molecule has 0 fully saturated rings. The molecule has 1 N–H and O–H groups in total. The van der Waals surface area contributed by atoms with E-state index >= 15 is 0 Å². The lowest BCUT2D eigenvalue weighted by Crippen LogP contribution is -2.06. The van der Waals surface area contributed by atoms with Crippen molar-refractivity contribution in [3.05, 3.63) is 58.2 Å². The third kappa shape index (κ3) is 3.57. The van der Waals surface area contributed by atoms with Crippen molar-refractivity contribution in [3.8, 4) is 6.07 Å². The van der Waals surface area contributed by atoms with Gasteiger partial charge in [-0.25, -0.2) is 4.98 Å². The van der Waals surface area contributed by atoms with Crippen molar-refractivity contribution < 1.29 is 0 Å². The molecular weight excluding hydrogens is 290 g/mol. The van der Waals surface area contributed by atoms with Gasteiger partial charge in [0.05, 0.1) is 11.6 Å². The van der Waals surface area contributed by atoms with E-state index in [1.807, 2.05) is 12.1 Å². The number of hydrogen-bond acceptors (Lipinski definition) is 3. The second-order valence-corrected chi connectivity index (χ2v) is 4.76. The number of nitrogens with one attached hydrogen (secondary N) is 1. The number of hydrogen-bond donors (Lipinski definition) is 1. The van der Waals surface area contributed by atoms with Crippen molar-refractivity contribution >= 4 is 21.7 Å². The first-order valence-corrected chi connectivity index (χ1v) is 6.42. The average molecular weight is 302 g/mol. The van der Waals surface area contributed by atoms with Gasteiger partial charge in [-0.2, -0.15) is 5.26 Å². The summed E-state index contributed by atoms with van der Waals surface area (Å²) in [6.07, 6.45) is 2.56. The Balaban J connectivity index is 1.88. The molecule has 90 valence electrons. The minimum absolute atomic E-state index is 0.621. The van der Waals surface area contributed by atoms with Gasteiger partial charge in [0.25, 0.3) is 0 Å². The second kappa shape index (κ2) is 6.18. The minimum atomic E-state index is 0.621. The van der Waals surface area contributed by atoms with Crippen LogP contribution < -0.4 is 5.32 Å². The molecule has 3 nitrogen and oxygen atoms in total. The Bertz CT molecular complexity index is 558. The van der Waals surface area contributed by atoms with Crippen molar-refractivity contribution in [1.82, 2.24) is 4.98 Å². The highest BCUT2D eigenvalue weighted by molar-refractivity contribution is 9.10. The summed E-state index contributed by atoms with van der Waals surface area (Å²) in [6.45, 7) is 0.795. The Labute approximate surface area is 115 Å². The van der Waals surface area contributed by atoms with Crippen LogP contribution in [0.5, 0.6) is 0 Å². The fourth-order valence-corrected chi connectivity index (χ4v) is 1.85. The van der Waals surface area contributed by atoms with Gasteiger partial charge < -0.3 is 5.32 Å². The molecule has 0 aliphatic rings. The third-order valence-electron chi connectivity index (χ3n) is 2.52. The molecule has 0 saturated heterocycles. The van der Waals surface area contributed by atoms with Crippen LogP contribution >= 0.6 is 15.9 Å². The molecule has 0 spiro atoms. The van der Waals surface area contributed by atoms with Gasteiger partial charge in [0.15, 0.2) is 0 Å². The number of aromatic nitrogens is 1. The van der Waals surface area contributed by atoms with Crippen LogP contribution in [0.3, 0.4) is 0 Å². The Morgan fingerprint density at radius 1 is 1.22 bits per heavy atom. The second-order valence-electron chi connectivity index (χ2n) is 3.84. The van der Waals surface area contributed by atoms with Crippen molar-refractivity contribution in [3.63, 3.8) is 0 Å². The zero-order valence-corrected chi connectivity index (χ0v) is 11.3. The molecule has 2 aromatic rings. The normalized spacial score (nSPS) is 9.78. The van der Waals surface area contributed by atoms with Gasteiger partial charge in [-0.05, 0) is 36.2 Å². The van der Waals surface area contributed by atoms with E-state index in [1.54, 1.807) is 18.3 Å². The van der Waals surface area contributed by atoms with Gasteiger partial charge in [0.1, 0.15) is 5.82 Å². The highest BCUT2D eigenvalue weighted by Crippen LogP contribution is 2.11. The molecule has 0 saturated carbocycles. The largest absolute Gasteiger partial charge is 0.370 e. The molecule has 4 heteroatoms. The summed E-state index contributed by atoms with van der Waals surface area (Å²) in [5, 5.41) is 12.0. The molecule has 0 unspecified atom stereocenters. The lowest BCUT2D eigenvalue weighted by atomic mass is 10.1. The van der Waals surface area contributed by atoms with Crippen molar-refractivity contribution in [2.45, 2.75) is 6.42 Å². The summed E-state index contributed by atoms with van der Waals surface area (Å²) >= 11 is 3.41. The van der Waals surface area contributed by atoms with E-state index < -0.39 is 0 Å². The van der Waals surface area contributed by atoms with E-state index in [0.29, 0.717) is 5.56 Å². The van der Waals surface area contributed by atoms with Crippen LogP contribution in [0.4, 0.5) is 5.82 Å². The quantitative estimate of drug-likeness (QED) is 0.942. The Kier molecular flexibility index (Phi) is 4.32. The van der Waals surface area contributed by atoms with Gasteiger partial charge in [-0.3, -0.25) is 0 Å². The molecule has 18 heavy (non-hydrogen) atoms. The summed E-state index contributed by atoms with van der Waals surface area (Å²) in [4.78, 5) is 4.16. The number of benzene rings is 1. The van der Waals surface area contributed by atoms with Crippen LogP contribution in [0.1, 0.15) is 11.1 Å². The lowest BCUT2D eigenvalue weighted by molar-refractivity contribution is 1.01. The van der Waals surface area contributed by atoms with E-state index in [-0.39, 0.29) is 0 Å². The Morgan fingerprint density at radius 2 is 2.00 bits per heavy atom. The van der Waals surface area contributed by atoms with Crippen LogP contribution in [0.25, 0.3) is 0 Å². The molecule has 0 radical (unpaired) electrons. The molecule has 0 bridgehead atoms. The molecule has 1 heterocycles. The molecule has 0 amide bonds. The SMILES string of the molecule is N#Cc1ccnc(NCCc2ccc(Br)cc2)c1. The molecule has 0 aliphatic heterocycles. The number of anilines is 1. The van der Waals surface area contributed by atoms with Gasteiger partial charge in [-0.15, -0.1) is 0 Å². The van der Waals surface area contributed by atoms with E-state index in [0.717, 1.165) is 23.3 Å². The van der Waals surface area contributed by atoms with Gasteiger partial charge in [0.2, 0.25) is 0 Å². The summed E-state index contributed by atoms with van der Waals surface area (Å²) in [7, 11) is 0. The molecule has 0 atom stereocenters. The van der Waals surface area contributed by atoms with Gasteiger partial charge >= 0.3 is 0 Å². The minimum Gasteiger partial charge on any atom is -0.370 e. The molecule has 2 rings (SSSR count). The van der Waals surface area contributed by atoms with Gasteiger partial charge in [0, 0.05) is 17.2 Å². The number of nitriles is 1. The zero-order chi connectivity index (χ0) is 12.8. The molecular formula is C14H12BrN3. The topological polar surface area (TPSA) is 48.7 Å². The van der Waals surface area contributed by atoms with Crippen LogP contribution in [0.15, 0.2) is 47.1 Å². The predicted octanol–water partition coefficient (Wildman–Crippen LogP) is 3.37. The van der Waals surface area contributed by atoms with Crippen LogP contribution in [-0.2, 0) is 6.42 Å². The lowest BCUT2D eigenvalue weighted by Gasteiger charge is -2.05. The monoisotopic (exact) mass is 301 g/mol. The summed E-state index contributed by atoms with van der Waals surface area (Å²) in [5.74, 6) is 0.742. The average Bonchev–Trinajstić information content (AvgIpc) is 2.41. The standard InChI is InChI=1S/C14H12BrN3/c15-13-3-1-11(2-4-13)5-7-17-14-9-12(10-16)6-8-18-14/h1-4,6,8-9H,5,7H2,(H,17,18). The van der Waals surface area contributed by atoms with Crippen molar-refractivity contribution in [2.24, 2.45) is 0 Å². The molecule has 1 aromatic carbocycles. The first-order chi connectivity index (χ1) is 8.78. The fourth-order valence-electron chi connectivity index (χ4n) is 1.58. The first kappa shape index (κ1) is 12.6. The van der Waals surface area contributed by atoms with Crippen LogP contribution in [-0.4, -0.2) is 11.5 Å². The highest BCUT2D eigenvalue weighted by Gasteiger charge is 1.97.